The number of benzene rings is 1. The van der Waals surface area contributed by atoms with Crippen molar-refractivity contribution >= 4 is 0 Å². The molecular weight excluding hydrogens is 244 g/mol. The molecule has 0 aromatic heterocycles. The van der Waals surface area contributed by atoms with Gasteiger partial charge in [0.25, 0.3) is 0 Å². The van der Waals surface area contributed by atoms with E-state index in [0.29, 0.717) is 17.5 Å². The Morgan fingerprint density at radius 2 is 1.95 bits per heavy atom. The molecule has 0 amide bonds. The summed E-state index contributed by atoms with van der Waals surface area (Å²) in [6.07, 6.45) is 2.44. The van der Waals surface area contributed by atoms with Crippen molar-refractivity contribution in [3.8, 4) is 0 Å². The first-order valence-electron chi connectivity index (χ1n) is 7.98. The molecule has 2 rings (SSSR count). The lowest BCUT2D eigenvalue weighted by Gasteiger charge is -2.43. The fourth-order valence-electron chi connectivity index (χ4n) is 2.96. The largest absolute Gasteiger partial charge is 0.311 e. The Hall–Kier alpha value is -0.860. The zero-order chi connectivity index (χ0) is 14.6. The number of hydrogen-bond donors (Lipinski definition) is 1. The third kappa shape index (κ3) is 4.32. The van der Waals surface area contributed by atoms with E-state index in [2.05, 4.69) is 68.2 Å². The smallest absolute Gasteiger partial charge is 0.0244 e. The maximum Gasteiger partial charge on any atom is 0.0244 e. The quantitative estimate of drug-likeness (QED) is 0.906. The molecule has 2 heteroatoms. The van der Waals surface area contributed by atoms with Gasteiger partial charge in [-0.25, -0.2) is 0 Å². The summed E-state index contributed by atoms with van der Waals surface area (Å²) in [6.45, 7) is 12.9. The van der Waals surface area contributed by atoms with Crippen LogP contribution in [0.4, 0.5) is 0 Å². The molecule has 20 heavy (non-hydrogen) atoms. The molecule has 1 aromatic carbocycles. The minimum absolute atomic E-state index is 0.345. The molecular formula is C18H30N2. The van der Waals surface area contributed by atoms with Crippen molar-refractivity contribution in [2.45, 2.75) is 52.6 Å². The lowest BCUT2D eigenvalue weighted by atomic mass is 9.85. The van der Waals surface area contributed by atoms with Crippen molar-refractivity contribution < 1.29 is 0 Å². The van der Waals surface area contributed by atoms with Crippen LogP contribution < -0.4 is 5.32 Å². The normalized spacial score (nSPS) is 22.7. The van der Waals surface area contributed by atoms with E-state index < -0.39 is 0 Å². The lowest BCUT2D eigenvalue weighted by Crippen LogP contribution is -2.57. The van der Waals surface area contributed by atoms with Crippen LogP contribution in [0.15, 0.2) is 30.3 Å². The predicted molar refractivity (Wildman–Crippen MR) is 87.0 cm³/mol. The van der Waals surface area contributed by atoms with Gasteiger partial charge in [0.1, 0.15) is 0 Å². The van der Waals surface area contributed by atoms with Gasteiger partial charge in [-0.05, 0) is 30.7 Å². The molecule has 1 N–H and O–H groups in total. The van der Waals surface area contributed by atoms with Crippen LogP contribution in [0, 0.1) is 5.41 Å². The van der Waals surface area contributed by atoms with Gasteiger partial charge in [-0.3, -0.25) is 4.90 Å². The molecule has 1 fully saturated rings. The summed E-state index contributed by atoms with van der Waals surface area (Å²) in [6, 6.07) is 12.1. The van der Waals surface area contributed by atoms with Gasteiger partial charge in [-0.15, -0.1) is 0 Å². The van der Waals surface area contributed by atoms with Gasteiger partial charge >= 0.3 is 0 Å². The molecule has 0 aliphatic carbocycles. The Morgan fingerprint density at radius 3 is 2.60 bits per heavy atom. The van der Waals surface area contributed by atoms with Crippen LogP contribution in [0.25, 0.3) is 0 Å². The van der Waals surface area contributed by atoms with Crippen molar-refractivity contribution in [2.24, 2.45) is 5.41 Å². The molecule has 112 valence electrons. The number of aryl methyl sites for hydroxylation is 1. The monoisotopic (exact) mass is 274 g/mol. The first-order chi connectivity index (χ1) is 9.47. The van der Waals surface area contributed by atoms with Gasteiger partial charge in [0.05, 0.1) is 0 Å². The number of piperazine rings is 1. The molecule has 1 saturated heterocycles. The van der Waals surface area contributed by atoms with Gasteiger partial charge in [0, 0.05) is 31.7 Å². The molecule has 2 nitrogen and oxygen atoms in total. The Labute approximate surface area is 124 Å². The lowest BCUT2D eigenvalue weighted by molar-refractivity contribution is 0.101. The van der Waals surface area contributed by atoms with Gasteiger partial charge in [-0.2, -0.15) is 0 Å². The zero-order valence-corrected chi connectivity index (χ0v) is 13.5. The summed E-state index contributed by atoms with van der Waals surface area (Å²) in [5.41, 5.74) is 1.81. The van der Waals surface area contributed by atoms with Gasteiger partial charge < -0.3 is 5.32 Å². The van der Waals surface area contributed by atoms with Crippen LogP contribution in [-0.2, 0) is 6.42 Å². The van der Waals surface area contributed by atoms with E-state index in [1.807, 2.05) is 0 Å². The molecule has 1 heterocycles. The average Bonchev–Trinajstić information content (AvgIpc) is 2.45. The van der Waals surface area contributed by atoms with E-state index >= 15 is 0 Å². The van der Waals surface area contributed by atoms with Crippen LogP contribution in [-0.4, -0.2) is 36.6 Å². The highest BCUT2D eigenvalue weighted by atomic mass is 15.2. The van der Waals surface area contributed by atoms with Crippen LogP contribution in [0.1, 0.15) is 39.7 Å². The highest BCUT2D eigenvalue weighted by molar-refractivity contribution is 5.14. The maximum absolute atomic E-state index is 3.68. The second-order valence-corrected chi connectivity index (χ2v) is 7.24. The minimum atomic E-state index is 0.345. The molecule has 2 unspecified atom stereocenters. The molecule has 1 aliphatic heterocycles. The molecule has 0 spiro atoms. The van der Waals surface area contributed by atoms with E-state index in [0.717, 1.165) is 6.54 Å². The van der Waals surface area contributed by atoms with E-state index in [1.54, 1.807) is 0 Å². The number of hydrogen-bond acceptors (Lipinski definition) is 2. The second-order valence-electron chi connectivity index (χ2n) is 7.24. The average molecular weight is 274 g/mol. The summed E-state index contributed by atoms with van der Waals surface area (Å²) in [4.78, 5) is 2.66. The van der Waals surface area contributed by atoms with E-state index in [1.165, 1.54) is 31.5 Å². The standard InChI is InChI=1S/C18H30N2/c1-15(10-11-16-8-6-5-7-9-16)20-13-12-19-17(14-20)18(2,3)4/h5-9,15,17,19H,10-14H2,1-4H3. The van der Waals surface area contributed by atoms with Crippen molar-refractivity contribution in [1.29, 1.82) is 0 Å². The van der Waals surface area contributed by atoms with Gasteiger partial charge in [-0.1, -0.05) is 51.1 Å². The molecule has 2 atom stereocenters. The van der Waals surface area contributed by atoms with Gasteiger partial charge in [0.15, 0.2) is 0 Å². The Balaban J connectivity index is 1.84. The van der Waals surface area contributed by atoms with E-state index in [-0.39, 0.29) is 0 Å². The highest BCUT2D eigenvalue weighted by Gasteiger charge is 2.30. The van der Waals surface area contributed by atoms with Crippen molar-refractivity contribution in [1.82, 2.24) is 10.2 Å². The van der Waals surface area contributed by atoms with E-state index in [9.17, 15) is 0 Å². The fourth-order valence-corrected chi connectivity index (χ4v) is 2.96. The Bertz CT molecular complexity index is 394. The molecule has 0 saturated carbocycles. The molecule has 0 bridgehead atoms. The van der Waals surface area contributed by atoms with E-state index in [4.69, 9.17) is 0 Å². The Morgan fingerprint density at radius 1 is 1.25 bits per heavy atom. The maximum atomic E-state index is 3.68. The molecule has 1 aromatic rings. The third-order valence-corrected chi connectivity index (χ3v) is 4.57. The van der Waals surface area contributed by atoms with Crippen LogP contribution in [0.2, 0.25) is 0 Å². The van der Waals surface area contributed by atoms with Gasteiger partial charge in [0.2, 0.25) is 0 Å². The third-order valence-electron chi connectivity index (χ3n) is 4.57. The summed E-state index contributed by atoms with van der Waals surface area (Å²) >= 11 is 0. The SMILES string of the molecule is CC(CCc1ccccc1)N1CCNC(C(C)(C)C)C1. The first kappa shape index (κ1) is 15.5. The van der Waals surface area contributed by atoms with Crippen molar-refractivity contribution in [2.75, 3.05) is 19.6 Å². The zero-order valence-electron chi connectivity index (χ0n) is 13.5. The number of nitrogens with one attached hydrogen (secondary N) is 1. The summed E-state index contributed by atoms with van der Waals surface area (Å²) < 4.78 is 0. The first-order valence-corrected chi connectivity index (χ1v) is 7.98. The highest BCUT2D eigenvalue weighted by Crippen LogP contribution is 2.23. The number of nitrogens with zero attached hydrogens (tertiary/aromatic N) is 1. The molecule has 1 aliphatic rings. The number of rotatable bonds is 4. The molecule has 0 radical (unpaired) electrons. The topological polar surface area (TPSA) is 15.3 Å². The van der Waals surface area contributed by atoms with Crippen molar-refractivity contribution in [3.05, 3.63) is 35.9 Å². The summed E-state index contributed by atoms with van der Waals surface area (Å²) in [5, 5.41) is 3.68. The predicted octanol–water partition coefficient (Wildman–Crippen LogP) is 3.33. The Kier molecular flexibility index (Phi) is 5.22. The fraction of sp³-hybridized carbons (Fsp3) is 0.667. The van der Waals surface area contributed by atoms with Crippen LogP contribution >= 0.6 is 0 Å². The summed E-state index contributed by atoms with van der Waals surface area (Å²) in [5.74, 6) is 0. The van der Waals surface area contributed by atoms with Crippen molar-refractivity contribution in [3.63, 3.8) is 0 Å². The summed E-state index contributed by atoms with van der Waals surface area (Å²) in [7, 11) is 0. The minimum Gasteiger partial charge on any atom is -0.311 e. The second kappa shape index (κ2) is 6.73. The van der Waals surface area contributed by atoms with Crippen LogP contribution in [0.5, 0.6) is 0 Å². The van der Waals surface area contributed by atoms with Crippen LogP contribution in [0.3, 0.4) is 0 Å².